The fourth-order valence-corrected chi connectivity index (χ4v) is 1.72. The molecular formula is C15H17FN2O. The molecule has 1 atom stereocenters. The summed E-state index contributed by atoms with van der Waals surface area (Å²) in [6.07, 6.45) is 4.39. The highest BCUT2D eigenvalue weighted by Gasteiger charge is 2.08. The lowest BCUT2D eigenvalue weighted by atomic mass is 10.0. The normalized spacial score (nSPS) is 12.2. The molecular weight excluding hydrogens is 243 g/mol. The summed E-state index contributed by atoms with van der Waals surface area (Å²) in [4.78, 5) is 4.12. The number of nitrogens with two attached hydrogens (primary N) is 1. The number of anilines is 1. The van der Waals surface area contributed by atoms with Crippen molar-refractivity contribution in [2.45, 2.75) is 26.2 Å². The molecule has 0 aliphatic heterocycles. The summed E-state index contributed by atoms with van der Waals surface area (Å²) < 4.78 is 19.1. The van der Waals surface area contributed by atoms with E-state index in [-0.39, 0.29) is 5.75 Å². The van der Waals surface area contributed by atoms with Crippen molar-refractivity contribution in [3.8, 4) is 11.5 Å². The van der Waals surface area contributed by atoms with Gasteiger partial charge in [0.05, 0.1) is 6.20 Å². The predicted octanol–water partition coefficient (Wildman–Crippen LogP) is 4.11. The van der Waals surface area contributed by atoms with Gasteiger partial charge in [0.25, 0.3) is 0 Å². The number of rotatable bonds is 4. The highest BCUT2D eigenvalue weighted by Crippen LogP contribution is 2.28. The summed E-state index contributed by atoms with van der Waals surface area (Å²) >= 11 is 0. The maximum atomic E-state index is 13.6. The van der Waals surface area contributed by atoms with Crippen LogP contribution in [0, 0.1) is 5.82 Å². The minimum Gasteiger partial charge on any atom is -0.453 e. The molecule has 0 bridgehead atoms. The number of ether oxygens (including phenoxy) is 1. The zero-order chi connectivity index (χ0) is 13.8. The smallest absolute Gasteiger partial charge is 0.167 e. The molecule has 0 fully saturated rings. The van der Waals surface area contributed by atoms with Crippen LogP contribution in [0.1, 0.15) is 31.7 Å². The standard InChI is InChI=1S/C15H17FN2O/c1-3-10(2)11-6-13(9-18-8-11)19-15-5-4-12(17)7-14(15)16/h4-10H,3,17H2,1-2H3. The van der Waals surface area contributed by atoms with Crippen LogP contribution in [0.15, 0.2) is 36.7 Å². The number of benzene rings is 1. The zero-order valence-electron chi connectivity index (χ0n) is 11.1. The first-order valence-corrected chi connectivity index (χ1v) is 6.28. The van der Waals surface area contributed by atoms with Gasteiger partial charge in [-0.15, -0.1) is 0 Å². The van der Waals surface area contributed by atoms with Crippen LogP contribution in [0.5, 0.6) is 11.5 Å². The van der Waals surface area contributed by atoms with E-state index in [1.807, 2.05) is 6.07 Å². The largest absolute Gasteiger partial charge is 0.453 e. The molecule has 0 amide bonds. The first-order chi connectivity index (χ1) is 9.10. The van der Waals surface area contributed by atoms with Gasteiger partial charge in [-0.1, -0.05) is 13.8 Å². The summed E-state index contributed by atoms with van der Waals surface area (Å²) in [7, 11) is 0. The number of halogens is 1. The molecule has 2 aromatic rings. The maximum absolute atomic E-state index is 13.6. The summed E-state index contributed by atoms with van der Waals surface area (Å²) in [5.41, 5.74) is 6.95. The highest BCUT2D eigenvalue weighted by molar-refractivity contribution is 5.44. The molecule has 1 unspecified atom stereocenters. The van der Waals surface area contributed by atoms with Crippen molar-refractivity contribution in [2.24, 2.45) is 0 Å². The van der Waals surface area contributed by atoms with Crippen molar-refractivity contribution in [3.05, 3.63) is 48.0 Å². The maximum Gasteiger partial charge on any atom is 0.167 e. The number of nitrogens with zero attached hydrogens (tertiary/aromatic N) is 1. The number of pyridine rings is 1. The second-order valence-corrected chi connectivity index (χ2v) is 4.56. The molecule has 2 rings (SSSR count). The van der Waals surface area contributed by atoms with Gasteiger partial charge in [0.1, 0.15) is 5.75 Å². The second kappa shape index (κ2) is 5.69. The van der Waals surface area contributed by atoms with Crippen LogP contribution in [0.25, 0.3) is 0 Å². The molecule has 100 valence electrons. The van der Waals surface area contributed by atoms with E-state index in [9.17, 15) is 4.39 Å². The molecule has 2 N–H and O–H groups in total. The Bertz CT molecular complexity index is 572. The molecule has 0 radical (unpaired) electrons. The Labute approximate surface area is 112 Å². The number of aromatic nitrogens is 1. The van der Waals surface area contributed by atoms with Gasteiger partial charge in [0, 0.05) is 18.0 Å². The molecule has 1 heterocycles. The van der Waals surface area contributed by atoms with Gasteiger partial charge in [0.15, 0.2) is 11.6 Å². The minimum absolute atomic E-state index is 0.150. The van der Waals surface area contributed by atoms with E-state index in [0.29, 0.717) is 17.4 Å². The van der Waals surface area contributed by atoms with E-state index in [1.165, 1.54) is 12.1 Å². The van der Waals surface area contributed by atoms with Crippen LogP contribution in [0.4, 0.5) is 10.1 Å². The number of hydrogen-bond donors (Lipinski definition) is 1. The molecule has 1 aromatic heterocycles. The molecule has 0 saturated carbocycles. The summed E-state index contributed by atoms with van der Waals surface area (Å²) in [5, 5.41) is 0. The van der Waals surface area contributed by atoms with E-state index in [0.717, 1.165) is 12.0 Å². The summed E-state index contributed by atoms with van der Waals surface area (Å²) in [5.74, 6) is 0.597. The SMILES string of the molecule is CCC(C)c1cncc(Oc2ccc(N)cc2F)c1. The van der Waals surface area contributed by atoms with Gasteiger partial charge in [-0.3, -0.25) is 4.98 Å². The highest BCUT2D eigenvalue weighted by atomic mass is 19.1. The molecule has 0 aliphatic rings. The monoisotopic (exact) mass is 260 g/mol. The van der Waals surface area contributed by atoms with Crippen molar-refractivity contribution in [1.29, 1.82) is 0 Å². The Kier molecular flexibility index (Phi) is 4.00. The van der Waals surface area contributed by atoms with Gasteiger partial charge in [-0.05, 0) is 36.1 Å². The molecule has 0 aliphatic carbocycles. The molecule has 0 spiro atoms. The molecule has 1 aromatic carbocycles. The second-order valence-electron chi connectivity index (χ2n) is 4.56. The van der Waals surface area contributed by atoms with Gasteiger partial charge in [0.2, 0.25) is 0 Å². The Morgan fingerprint density at radius 1 is 1.32 bits per heavy atom. The topological polar surface area (TPSA) is 48.1 Å². The third kappa shape index (κ3) is 3.22. The van der Waals surface area contributed by atoms with Crippen molar-refractivity contribution in [3.63, 3.8) is 0 Å². The Hall–Kier alpha value is -2.10. The predicted molar refractivity (Wildman–Crippen MR) is 73.8 cm³/mol. The zero-order valence-corrected chi connectivity index (χ0v) is 11.1. The van der Waals surface area contributed by atoms with E-state index < -0.39 is 5.82 Å². The van der Waals surface area contributed by atoms with Crippen molar-refractivity contribution >= 4 is 5.69 Å². The third-order valence-corrected chi connectivity index (χ3v) is 3.10. The van der Waals surface area contributed by atoms with Crippen LogP contribution in [0.2, 0.25) is 0 Å². The summed E-state index contributed by atoms with van der Waals surface area (Å²) in [6.45, 7) is 4.22. The van der Waals surface area contributed by atoms with Crippen LogP contribution < -0.4 is 10.5 Å². The quantitative estimate of drug-likeness (QED) is 0.841. The Morgan fingerprint density at radius 2 is 2.11 bits per heavy atom. The van der Waals surface area contributed by atoms with Gasteiger partial charge in [-0.2, -0.15) is 0 Å². The molecule has 0 saturated heterocycles. The van der Waals surface area contributed by atoms with Crippen LogP contribution in [-0.2, 0) is 0 Å². The van der Waals surface area contributed by atoms with E-state index in [2.05, 4.69) is 18.8 Å². The average molecular weight is 260 g/mol. The van der Waals surface area contributed by atoms with E-state index in [4.69, 9.17) is 10.5 Å². The summed E-state index contributed by atoms with van der Waals surface area (Å²) in [6, 6.07) is 6.24. The lowest BCUT2D eigenvalue weighted by Crippen LogP contribution is -1.95. The van der Waals surface area contributed by atoms with Crippen LogP contribution in [0.3, 0.4) is 0 Å². The van der Waals surface area contributed by atoms with Crippen LogP contribution >= 0.6 is 0 Å². The van der Waals surface area contributed by atoms with E-state index in [1.54, 1.807) is 18.5 Å². The molecule has 3 nitrogen and oxygen atoms in total. The van der Waals surface area contributed by atoms with Gasteiger partial charge < -0.3 is 10.5 Å². The average Bonchev–Trinajstić information content (AvgIpc) is 2.41. The molecule has 4 heteroatoms. The van der Waals surface area contributed by atoms with Crippen molar-refractivity contribution < 1.29 is 9.13 Å². The number of nitrogen functional groups attached to an aromatic ring is 1. The fourth-order valence-electron chi connectivity index (χ4n) is 1.72. The first-order valence-electron chi connectivity index (χ1n) is 6.28. The lowest BCUT2D eigenvalue weighted by molar-refractivity contribution is 0.440. The van der Waals surface area contributed by atoms with E-state index >= 15 is 0 Å². The van der Waals surface area contributed by atoms with Crippen molar-refractivity contribution in [1.82, 2.24) is 4.98 Å². The van der Waals surface area contributed by atoms with Crippen LogP contribution in [-0.4, -0.2) is 4.98 Å². The van der Waals surface area contributed by atoms with Gasteiger partial charge >= 0.3 is 0 Å². The molecule has 19 heavy (non-hydrogen) atoms. The Morgan fingerprint density at radius 3 is 2.79 bits per heavy atom. The Balaban J connectivity index is 2.23. The lowest BCUT2D eigenvalue weighted by Gasteiger charge is -2.11. The third-order valence-electron chi connectivity index (χ3n) is 3.10. The minimum atomic E-state index is -0.478. The van der Waals surface area contributed by atoms with Gasteiger partial charge in [-0.25, -0.2) is 4.39 Å². The van der Waals surface area contributed by atoms with Crippen molar-refractivity contribution in [2.75, 3.05) is 5.73 Å². The first kappa shape index (κ1) is 13.3. The fraction of sp³-hybridized carbons (Fsp3) is 0.267. The number of hydrogen-bond acceptors (Lipinski definition) is 3.